The summed E-state index contributed by atoms with van der Waals surface area (Å²) in [4.78, 5) is 4.40. The zero-order chi connectivity index (χ0) is 10.8. The molecule has 1 saturated carbocycles. The Morgan fingerprint density at radius 1 is 1.27 bits per heavy atom. The lowest BCUT2D eigenvalue weighted by molar-refractivity contribution is 0.227. The molecule has 2 aliphatic carbocycles. The predicted octanol–water partition coefficient (Wildman–Crippen LogP) is 2.70. The molecule has 2 unspecified atom stereocenters. The fourth-order valence-corrected chi connectivity index (χ4v) is 3.48. The lowest BCUT2D eigenvalue weighted by Gasteiger charge is -2.33. The lowest BCUT2D eigenvalue weighted by Crippen LogP contribution is -2.32. The van der Waals surface area contributed by atoms with Crippen molar-refractivity contribution in [3.8, 4) is 0 Å². The Morgan fingerprint density at radius 3 is 2.73 bits per heavy atom. The van der Waals surface area contributed by atoms with Gasteiger partial charge in [-0.2, -0.15) is 5.10 Å². The molecule has 3 nitrogen and oxygen atoms in total. The highest BCUT2D eigenvalue weighted by Crippen LogP contribution is 2.66. The highest BCUT2D eigenvalue weighted by atomic mass is 35.5. The first-order valence-corrected chi connectivity index (χ1v) is 5.75. The molecule has 1 fully saturated rings. The molecule has 0 saturated heterocycles. The van der Waals surface area contributed by atoms with E-state index in [0.717, 1.165) is 11.4 Å². The molecule has 1 heterocycles. The van der Waals surface area contributed by atoms with Crippen LogP contribution in [0.3, 0.4) is 0 Å². The number of hydrogen-bond acceptors (Lipinski definition) is 3. The minimum Gasteiger partial charge on any atom is -0.219 e. The van der Waals surface area contributed by atoms with E-state index in [1.807, 2.05) is 0 Å². The van der Waals surface area contributed by atoms with Gasteiger partial charge < -0.3 is 0 Å². The second kappa shape index (κ2) is 2.51. The first-order valence-electron chi connectivity index (χ1n) is 5.37. The molecule has 1 aromatic heterocycles. The molecule has 0 radical (unpaired) electrons. The normalized spacial score (nSPS) is 35.6. The number of halogens is 1. The van der Waals surface area contributed by atoms with Crippen LogP contribution in [0.1, 0.15) is 50.9 Å². The maximum atomic E-state index is 5.83. The lowest BCUT2D eigenvalue weighted by atomic mass is 9.70. The van der Waals surface area contributed by atoms with Crippen molar-refractivity contribution in [3.63, 3.8) is 0 Å². The molecule has 3 rings (SSSR count). The fourth-order valence-electron chi connectivity index (χ4n) is 3.36. The molecule has 0 aliphatic heterocycles. The van der Waals surface area contributed by atoms with Crippen LogP contribution in [0.5, 0.6) is 0 Å². The van der Waals surface area contributed by atoms with E-state index in [0.29, 0.717) is 5.92 Å². The van der Waals surface area contributed by atoms with Crippen molar-refractivity contribution in [2.45, 2.75) is 44.9 Å². The van der Waals surface area contributed by atoms with Gasteiger partial charge in [0.25, 0.3) is 0 Å². The Balaban J connectivity index is 2.29. The number of hydrogen-bond donors (Lipinski definition) is 0. The minimum absolute atomic E-state index is 0.132. The number of fused-ring (bicyclic) bond motifs is 5. The molecule has 15 heavy (non-hydrogen) atoms. The predicted molar refractivity (Wildman–Crippen MR) is 57.9 cm³/mol. The summed E-state index contributed by atoms with van der Waals surface area (Å²) in [6, 6.07) is 0. The topological polar surface area (TPSA) is 38.7 Å². The molecule has 0 aromatic carbocycles. The van der Waals surface area contributed by atoms with Gasteiger partial charge in [-0.1, -0.05) is 20.8 Å². The third-order valence-electron chi connectivity index (χ3n) is 4.77. The SMILES string of the molecule is CC12CCC(c3nnc(Cl)nc31)C2(C)C. The van der Waals surface area contributed by atoms with E-state index >= 15 is 0 Å². The summed E-state index contributed by atoms with van der Waals surface area (Å²) in [5.41, 5.74) is 2.54. The summed E-state index contributed by atoms with van der Waals surface area (Å²) in [6.07, 6.45) is 2.39. The average molecular weight is 224 g/mol. The summed E-state index contributed by atoms with van der Waals surface area (Å²) >= 11 is 5.83. The summed E-state index contributed by atoms with van der Waals surface area (Å²) < 4.78 is 0. The van der Waals surface area contributed by atoms with Gasteiger partial charge in [-0.15, -0.1) is 5.10 Å². The smallest absolute Gasteiger partial charge is 0.219 e. The molecule has 2 aliphatic rings. The maximum absolute atomic E-state index is 5.83. The van der Waals surface area contributed by atoms with Gasteiger partial charge >= 0.3 is 0 Å². The number of aromatic nitrogens is 3. The van der Waals surface area contributed by atoms with Gasteiger partial charge in [0.05, 0.1) is 11.4 Å². The van der Waals surface area contributed by atoms with Crippen molar-refractivity contribution in [3.05, 3.63) is 16.7 Å². The Morgan fingerprint density at radius 2 is 2.00 bits per heavy atom. The highest BCUT2D eigenvalue weighted by molar-refractivity contribution is 6.28. The first kappa shape index (κ1) is 9.52. The number of rotatable bonds is 0. The van der Waals surface area contributed by atoms with Crippen molar-refractivity contribution in [1.82, 2.24) is 15.2 Å². The average Bonchev–Trinajstić information content (AvgIpc) is 2.48. The van der Waals surface area contributed by atoms with Gasteiger partial charge in [0.2, 0.25) is 5.28 Å². The van der Waals surface area contributed by atoms with Crippen LogP contribution in [0, 0.1) is 5.41 Å². The summed E-state index contributed by atoms with van der Waals surface area (Å²) in [5.74, 6) is 0.509. The molecule has 0 spiro atoms. The van der Waals surface area contributed by atoms with Crippen LogP contribution in [0.4, 0.5) is 0 Å². The molecule has 0 N–H and O–H groups in total. The Bertz CT molecular complexity index is 443. The molecule has 1 aromatic rings. The van der Waals surface area contributed by atoms with E-state index in [9.17, 15) is 0 Å². The van der Waals surface area contributed by atoms with Crippen molar-refractivity contribution in [2.24, 2.45) is 5.41 Å². The van der Waals surface area contributed by atoms with Gasteiger partial charge in [-0.25, -0.2) is 4.98 Å². The Kier molecular flexibility index (Phi) is 1.59. The van der Waals surface area contributed by atoms with Crippen LogP contribution in [0.25, 0.3) is 0 Å². The van der Waals surface area contributed by atoms with Gasteiger partial charge in [0.1, 0.15) is 0 Å². The summed E-state index contributed by atoms with van der Waals surface area (Å²) in [5, 5.41) is 8.38. The van der Waals surface area contributed by atoms with Crippen molar-refractivity contribution >= 4 is 11.6 Å². The van der Waals surface area contributed by atoms with E-state index < -0.39 is 0 Å². The highest BCUT2D eigenvalue weighted by Gasteiger charge is 2.61. The third kappa shape index (κ3) is 0.906. The quantitative estimate of drug-likeness (QED) is 0.679. The Hall–Kier alpha value is -0.700. The first-order chi connectivity index (χ1) is 6.97. The molecule has 2 bridgehead atoms. The van der Waals surface area contributed by atoms with Gasteiger partial charge in [0.15, 0.2) is 0 Å². The molecule has 80 valence electrons. The van der Waals surface area contributed by atoms with Crippen molar-refractivity contribution in [1.29, 1.82) is 0 Å². The van der Waals surface area contributed by atoms with Crippen LogP contribution in [-0.4, -0.2) is 15.2 Å². The minimum atomic E-state index is 0.132. The van der Waals surface area contributed by atoms with Crippen LogP contribution in [0.15, 0.2) is 0 Å². The van der Waals surface area contributed by atoms with Crippen LogP contribution < -0.4 is 0 Å². The van der Waals surface area contributed by atoms with E-state index in [-0.39, 0.29) is 16.1 Å². The van der Waals surface area contributed by atoms with Crippen LogP contribution >= 0.6 is 11.6 Å². The van der Waals surface area contributed by atoms with Crippen molar-refractivity contribution < 1.29 is 0 Å². The number of nitrogens with zero attached hydrogens (tertiary/aromatic N) is 3. The second-order valence-electron chi connectivity index (χ2n) is 5.46. The second-order valence-corrected chi connectivity index (χ2v) is 5.80. The largest absolute Gasteiger partial charge is 0.243 e. The third-order valence-corrected chi connectivity index (χ3v) is 4.93. The standard InChI is InChI=1S/C11H14ClN3/c1-10(2)6-4-5-11(10,3)8-7(6)14-15-9(12)13-8/h6H,4-5H2,1-3H3. The van der Waals surface area contributed by atoms with Crippen molar-refractivity contribution in [2.75, 3.05) is 0 Å². The molecule has 4 heteroatoms. The van der Waals surface area contributed by atoms with E-state index in [1.165, 1.54) is 12.8 Å². The zero-order valence-electron chi connectivity index (χ0n) is 9.21. The Labute approximate surface area is 94.3 Å². The van der Waals surface area contributed by atoms with E-state index in [2.05, 4.69) is 36.0 Å². The molecule has 0 amide bonds. The van der Waals surface area contributed by atoms with Gasteiger partial charge in [-0.05, 0) is 29.9 Å². The van der Waals surface area contributed by atoms with Gasteiger partial charge in [0, 0.05) is 11.3 Å². The van der Waals surface area contributed by atoms with Crippen LogP contribution in [-0.2, 0) is 5.41 Å². The zero-order valence-corrected chi connectivity index (χ0v) is 9.97. The fraction of sp³-hybridized carbons (Fsp3) is 0.727. The molecular formula is C11H14ClN3. The van der Waals surface area contributed by atoms with Gasteiger partial charge in [-0.3, -0.25) is 0 Å². The molecule has 2 atom stereocenters. The summed E-state index contributed by atoms with van der Waals surface area (Å²) in [7, 11) is 0. The van der Waals surface area contributed by atoms with E-state index in [4.69, 9.17) is 11.6 Å². The molecular weight excluding hydrogens is 210 g/mol. The monoisotopic (exact) mass is 223 g/mol. The van der Waals surface area contributed by atoms with Crippen LogP contribution in [0.2, 0.25) is 5.28 Å². The van der Waals surface area contributed by atoms with E-state index in [1.54, 1.807) is 0 Å². The maximum Gasteiger partial charge on any atom is 0.243 e. The summed E-state index contributed by atoms with van der Waals surface area (Å²) in [6.45, 7) is 6.90.